The standard InChI is InChI=1S/C21H20ClN2S.HI/c1-4-24-19-13-17(22)14(2)11-20(19)25-21(24)12-15-9-10-23(3)18-8-6-5-7-16(15)18;/h5-13H,4H2,1-3H3;1H/q+1;/p-1. The van der Waals surface area contributed by atoms with E-state index in [2.05, 4.69) is 85.1 Å². The van der Waals surface area contributed by atoms with Gasteiger partial charge in [0.05, 0.1) is 16.1 Å². The number of thioether (sulfide) groups is 1. The van der Waals surface area contributed by atoms with E-state index in [1.807, 2.05) is 11.8 Å². The number of rotatable bonds is 2. The van der Waals surface area contributed by atoms with Gasteiger partial charge in [-0.3, -0.25) is 0 Å². The van der Waals surface area contributed by atoms with Crippen molar-refractivity contribution in [2.75, 3.05) is 11.4 Å². The van der Waals surface area contributed by atoms with Gasteiger partial charge in [-0.2, -0.15) is 0 Å². The van der Waals surface area contributed by atoms with Crippen LogP contribution in [0.3, 0.4) is 0 Å². The Labute approximate surface area is 180 Å². The number of nitrogens with zero attached hydrogens (tertiary/aromatic N) is 2. The summed E-state index contributed by atoms with van der Waals surface area (Å²) < 4.78 is 2.16. The van der Waals surface area contributed by atoms with E-state index in [1.165, 1.54) is 32.1 Å². The summed E-state index contributed by atoms with van der Waals surface area (Å²) in [6.45, 7) is 5.16. The molecular weight excluding hydrogens is 475 g/mol. The molecule has 0 atom stereocenters. The Balaban J connectivity index is 0.00000196. The van der Waals surface area contributed by atoms with Gasteiger partial charge in [-0.05, 0) is 49.2 Å². The van der Waals surface area contributed by atoms with E-state index in [-0.39, 0.29) is 24.0 Å². The van der Waals surface area contributed by atoms with E-state index in [1.54, 1.807) is 0 Å². The van der Waals surface area contributed by atoms with Gasteiger partial charge in [-0.25, -0.2) is 4.57 Å². The maximum absolute atomic E-state index is 6.36. The van der Waals surface area contributed by atoms with Crippen molar-refractivity contribution >= 4 is 46.0 Å². The largest absolute Gasteiger partial charge is 1.00 e. The molecule has 1 aliphatic heterocycles. The summed E-state index contributed by atoms with van der Waals surface area (Å²) in [5.74, 6) is 0. The Bertz CT molecular complexity index is 1020. The first-order valence-corrected chi connectivity index (χ1v) is 9.62. The van der Waals surface area contributed by atoms with E-state index in [0.29, 0.717) is 0 Å². The Morgan fingerprint density at radius 3 is 2.73 bits per heavy atom. The lowest BCUT2D eigenvalue weighted by Crippen LogP contribution is -3.00. The van der Waals surface area contributed by atoms with Crippen LogP contribution in [0.4, 0.5) is 5.69 Å². The molecule has 0 N–H and O–H groups in total. The Kier molecular flexibility index (Phi) is 5.85. The lowest BCUT2D eigenvalue weighted by molar-refractivity contribution is -0.644. The zero-order chi connectivity index (χ0) is 17.6. The summed E-state index contributed by atoms with van der Waals surface area (Å²) in [5.41, 5.74) is 4.81. The summed E-state index contributed by atoms with van der Waals surface area (Å²) in [6.07, 6.45) is 4.42. The van der Waals surface area contributed by atoms with Gasteiger partial charge in [0, 0.05) is 28.6 Å². The second-order valence-electron chi connectivity index (χ2n) is 6.30. The minimum atomic E-state index is 0. The Morgan fingerprint density at radius 1 is 1.19 bits per heavy atom. The second-order valence-corrected chi connectivity index (χ2v) is 7.77. The van der Waals surface area contributed by atoms with Crippen molar-refractivity contribution in [1.82, 2.24) is 0 Å². The maximum Gasteiger partial charge on any atom is 0.212 e. The fourth-order valence-corrected chi connectivity index (χ4v) is 4.72. The molecular formula is C21H20ClIN2S. The van der Waals surface area contributed by atoms with E-state index >= 15 is 0 Å². The van der Waals surface area contributed by atoms with Gasteiger partial charge >= 0.3 is 0 Å². The quantitative estimate of drug-likeness (QED) is 0.399. The maximum atomic E-state index is 6.36. The van der Waals surface area contributed by atoms with Crippen LogP contribution in [0.25, 0.3) is 17.0 Å². The van der Waals surface area contributed by atoms with Crippen molar-refractivity contribution in [3.63, 3.8) is 0 Å². The molecule has 0 saturated carbocycles. The number of pyridine rings is 1. The molecule has 0 radical (unpaired) electrons. The molecule has 2 aromatic carbocycles. The van der Waals surface area contributed by atoms with Crippen molar-refractivity contribution in [3.8, 4) is 0 Å². The molecule has 0 spiro atoms. The van der Waals surface area contributed by atoms with Crippen LogP contribution in [-0.2, 0) is 7.05 Å². The van der Waals surface area contributed by atoms with Crippen molar-refractivity contribution in [3.05, 3.63) is 69.8 Å². The smallest absolute Gasteiger partial charge is 0.212 e. The van der Waals surface area contributed by atoms with Gasteiger partial charge in [-0.1, -0.05) is 35.5 Å². The second kappa shape index (κ2) is 7.79. The molecule has 0 fully saturated rings. The lowest BCUT2D eigenvalue weighted by Gasteiger charge is -2.18. The minimum absolute atomic E-state index is 0. The highest BCUT2D eigenvalue weighted by molar-refractivity contribution is 8.03. The highest BCUT2D eigenvalue weighted by atomic mass is 127. The number of fused-ring (bicyclic) bond motifs is 2. The van der Waals surface area contributed by atoms with Gasteiger partial charge in [0.15, 0.2) is 6.20 Å². The molecule has 1 aliphatic rings. The van der Waals surface area contributed by atoms with Crippen LogP contribution in [-0.4, -0.2) is 6.54 Å². The number of hydrogen-bond donors (Lipinski definition) is 0. The van der Waals surface area contributed by atoms with Crippen LogP contribution in [0.5, 0.6) is 0 Å². The molecule has 4 rings (SSSR count). The first-order chi connectivity index (χ1) is 12.1. The average Bonchev–Trinajstić information content (AvgIpc) is 2.94. The van der Waals surface area contributed by atoms with Crippen LogP contribution >= 0.6 is 23.4 Å². The molecule has 5 heteroatoms. The van der Waals surface area contributed by atoms with Gasteiger partial charge in [0.2, 0.25) is 5.52 Å². The lowest BCUT2D eigenvalue weighted by atomic mass is 10.1. The number of halogens is 2. The van der Waals surface area contributed by atoms with Crippen LogP contribution in [0.1, 0.15) is 18.1 Å². The third-order valence-electron chi connectivity index (χ3n) is 4.68. The van der Waals surface area contributed by atoms with Crippen molar-refractivity contribution < 1.29 is 28.5 Å². The first kappa shape index (κ1) is 19.5. The van der Waals surface area contributed by atoms with Gasteiger partial charge < -0.3 is 28.9 Å². The predicted octanol–water partition coefficient (Wildman–Crippen LogP) is 2.56. The Hall–Kier alpha value is -1.24. The van der Waals surface area contributed by atoms with Crippen LogP contribution in [0, 0.1) is 6.92 Å². The number of benzene rings is 2. The van der Waals surface area contributed by atoms with E-state index in [4.69, 9.17) is 11.6 Å². The molecule has 134 valence electrons. The summed E-state index contributed by atoms with van der Waals surface area (Å²) >= 11 is 8.18. The zero-order valence-electron chi connectivity index (χ0n) is 15.0. The highest BCUT2D eigenvalue weighted by Crippen LogP contribution is 2.48. The Morgan fingerprint density at radius 2 is 1.96 bits per heavy atom. The molecule has 26 heavy (non-hydrogen) atoms. The topological polar surface area (TPSA) is 7.12 Å². The fourth-order valence-electron chi connectivity index (χ4n) is 3.30. The van der Waals surface area contributed by atoms with Gasteiger partial charge in [0.25, 0.3) is 0 Å². The van der Waals surface area contributed by atoms with Crippen molar-refractivity contribution in [1.29, 1.82) is 0 Å². The van der Waals surface area contributed by atoms with Gasteiger partial charge in [-0.15, -0.1) is 0 Å². The van der Waals surface area contributed by atoms with E-state index in [0.717, 1.165) is 17.1 Å². The van der Waals surface area contributed by atoms with Crippen LogP contribution < -0.4 is 33.4 Å². The highest BCUT2D eigenvalue weighted by Gasteiger charge is 2.25. The van der Waals surface area contributed by atoms with Crippen LogP contribution in [0.2, 0.25) is 5.02 Å². The molecule has 0 saturated heterocycles. The molecule has 3 aromatic rings. The molecule has 0 aliphatic carbocycles. The average molecular weight is 495 g/mol. The number of hydrogen-bond acceptors (Lipinski definition) is 2. The van der Waals surface area contributed by atoms with E-state index < -0.39 is 0 Å². The predicted molar refractivity (Wildman–Crippen MR) is 108 cm³/mol. The number of aryl methyl sites for hydroxylation is 2. The van der Waals surface area contributed by atoms with Crippen LogP contribution in [0.15, 0.2) is 58.6 Å². The number of aromatic nitrogens is 1. The minimum Gasteiger partial charge on any atom is -1.00 e. The third-order valence-corrected chi connectivity index (χ3v) is 6.18. The summed E-state index contributed by atoms with van der Waals surface area (Å²) in [5, 5.41) is 3.34. The molecule has 2 heterocycles. The first-order valence-electron chi connectivity index (χ1n) is 8.43. The molecule has 2 nitrogen and oxygen atoms in total. The summed E-state index contributed by atoms with van der Waals surface area (Å²) in [6, 6.07) is 15.0. The zero-order valence-corrected chi connectivity index (χ0v) is 18.7. The molecule has 0 bridgehead atoms. The summed E-state index contributed by atoms with van der Waals surface area (Å²) in [7, 11) is 2.09. The van der Waals surface area contributed by atoms with Crippen molar-refractivity contribution in [2.45, 2.75) is 18.7 Å². The van der Waals surface area contributed by atoms with Gasteiger partial charge in [0.1, 0.15) is 7.05 Å². The van der Waals surface area contributed by atoms with E-state index in [9.17, 15) is 0 Å². The SMILES string of the molecule is CCN1/C(=C/c2cc[n+](C)c3ccccc23)Sc2cc(C)c(Cl)cc21.[I-]. The molecule has 0 unspecified atom stereocenters. The third kappa shape index (κ3) is 3.35. The fraction of sp³-hybridized carbons (Fsp3) is 0.190. The van der Waals surface area contributed by atoms with Crippen molar-refractivity contribution in [2.24, 2.45) is 7.05 Å². The summed E-state index contributed by atoms with van der Waals surface area (Å²) in [4.78, 5) is 3.62. The molecule has 1 aromatic heterocycles. The number of anilines is 1. The normalized spacial score (nSPS) is 14.6. The number of para-hydroxylation sites is 1. The molecule has 0 amide bonds. The monoisotopic (exact) mass is 494 g/mol.